The first-order valence-corrected chi connectivity index (χ1v) is 8.04. The van der Waals surface area contributed by atoms with Crippen molar-refractivity contribution in [3.05, 3.63) is 0 Å². The molecule has 2 unspecified atom stereocenters. The fourth-order valence-electron chi connectivity index (χ4n) is 3.12. The highest BCUT2D eigenvalue weighted by Crippen LogP contribution is 2.26. The minimum atomic E-state index is -0.267. The van der Waals surface area contributed by atoms with Gasteiger partial charge in [-0.15, -0.1) is 0 Å². The molecule has 2 aliphatic rings. The number of aliphatic imine (C=N–C) groups is 1. The molecule has 0 amide bonds. The molecule has 1 heterocycles. The Labute approximate surface area is 122 Å². The van der Waals surface area contributed by atoms with E-state index in [-0.39, 0.29) is 6.10 Å². The van der Waals surface area contributed by atoms with Crippen molar-refractivity contribution in [3.8, 4) is 0 Å². The van der Waals surface area contributed by atoms with Gasteiger partial charge in [0.05, 0.1) is 12.2 Å². The Kier molecular flexibility index (Phi) is 6.60. The average molecular weight is 283 g/mol. The van der Waals surface area contributed by atoms with E-state index in [9.17, 15) is 5.11 Å². The molecule has 0 aromatic rings. The average Bonchev–Trinajstić information content (AvgIpc) is 3.01. The second-order valence-corrected chi connectivity index (χ2v) is 5.93. The highest BCUT2D eigenvalue weighted by molar-refractivity contribution is 5.79. The third-order valence-electron chi connectivity index (χ3n) is 4.42. The molecule has 5 nitrogen and oxygen atoms in total. The predicted octanol–water partition coefficient (Wildman–Crippen LogP) is 1.27. The summed E-state index contributed by atoms with van der Waals surface area (Å²) in [6.45, 7) is 2.24. The molecule has 0 aromatic carbocycles. The molecular weight excluding hydrogens is 254 g/mol. The monoisotopic (exact) mass is 283 g/mol. The summed E-state index contributed by atoms with van der Waals surface area (Å²) in [5.74, 6) is 1.21. The zero-order chi connectivity index (χ0) is 14.2. The van der Waals surface area contributed by atoms with Crippen molar-refractivity contribution < 1.29 is 9.84 Å². The summed E-state index contributed by atoms with van der Waals surface area (Å²) in [6, 6.07) is 0. The van der Waals surface area contributed by atoms with E-state index in [0.29, 0.717) is 18.6 Å². The summed E-state index contributed by atoms with van der Waals surface area (Å²) in [5.41, 5.74) is 0. The molecule has 5 heteroatoms. The first kappa shape index (κ1) is 15.6. The van der Waals surface area contributed by atoms with Crippen LogP contribution in [0.3, 0.4) is 0 Å². The SMILES string of the molecule is CN=C(NCC1CCCO1)NCC(O)C1CCCCC1. The lowest BCUT2D eigenvalue weighted by Gasteiger charge is -2.27. The van der Waals surface area contributed by atoms with Crippen molar-refractivity contribution >= 4 is 5.96 Å². The number of guanidine groups is 1. The van der Waals surface area contributed by atoms with Gasteiger partial charge in [-0.3, -0.25) is 4.99 Å². The third-order valence-corrected chi connectivity index (χ3v) is 4.42. The van der Waals surface area contributed by atoms with Crippen LogP contribution in [0.2, 0.25) is 0 Å². The summed E-state index contributed by atoms with van der Waals surface area (Å²) in [6.07, 6.45) is 8.46. The molecule has 1 saturated heterocycles. The fraction of sp³-hybridized carbons (Fsp3) is 0.933. The van der Waals surface area contributed by atoms with Crippen LogP contribution in [0, 0.1) is 5.92 Å². The van der Waals surface area contributed by atoms with Gasteiger partial charge in [-0.25, -0.2) is 0 Å². The number of hydrogen-bond donors (Lipinski definition) is 3. The number of aliphatic hydroxyl groups excluding tert-OH is 1. The number of hydrogen-bond acceptors (Lipinski definition) is 3. The number of nitrogens with one attached hydrogen (secondary N) is 2. The van der Waals surface area contributed by atoms with Crippen molar-refractivity contribution in [2.24, 2.45) is 10.9 Å². The standard InChI is InChI=1S/C15H29N3O2/c1-16-15(17-10-13-8-5-9-20-13)18-11-14(19)12-6-3-2-4-7-12/h12-14,19H,2-11H2,1H3,(H2,16,17,18). The highest BCUT2D eigenvalue weighted by atomic mass is 16.5. The van der Waals surface area contributed by atoms with Crippen LogP contribution in [-0.2, 0) is 4.74 Å². The summed E-state index contributed by atoms with van der Waals surface area (Å²) < 4.78 is 5.57. The van der Waals surface area contributed by atoms with Crippen molar-refractivity contribution in [2.45, 2.75) is 57.2 Å². The zero-order valence-corrected chi connectivity index (χ0v) is 12.6. The van der Waals surface area contributed by atoms with Crippen molar-refractivity contribution in [1.82, 2.24) is 10.6 Å². The first-order valence-electron chi connectivity index (χ1n) is 8.04. The smallest absolute Gasteiger partial charge is 0.191 e. The first-order chi connectivity index (χ1) is 9.79. The molecule has 0 bridgehead atoms. The number of rotatable bonds is 5. The van der Waals surface area contributed by atoms with E-state index in [4.69, 9.17) is 4.74 Å². The number of nitrogens with zero attached hydrogens (tertiary/aromatic N) is 1. The van der Waals surface area contributed by atoms with Gasteiger partial charge >= 0.3 is 0 Å². The van der Waals surface area contributed by atoms with Crippen LogP contribution in [0.5, 0.6) is 0 Å². The van der Waals surface area contributed by atoms with Crippen LogP contribution >= 0.6 is 0 Å². The Bertz CT molecular complexity index is 297. The second-order valence-electron chi connectivity index (χ2n) is 5.93. The molecule has 0 aromatic heterocycles. The molecule has 0 spiro atoms. The molecule has 20 heavy (non-hydrogen) atoms. The molecule has 1 aliphatic heterocycles. The van der Waals surface area contributed by atoms with Gasteiger partial charge in [0.1, 0.15) is 0 Å². The minimum Gasteiger partial charge on any atom is -0.391 e. The van der Waals surface area contributed by atoms with E-state index in [1.165, 1.54) is 19.3 Å². The van der Waals surface area contributed by atoms with Gasteiger partial charge in [0.2, 0.25) is 0 Å². The van der Waals surface area contributed by atoms with E-state index in [1.807, 2.05) is 0 Å². The van der Waals surface area contributed by atoms with Gasteiger partial charge in [0, 0.05) is 26.7 Å². The minimum absolute atomic E-state index is 0.267. The van der Waals surface area contributed by atoms with Crippen LogP contribution < -0.4 is 10.6 Å². The van der Waals surface area contributed by atoms with Crippen LogP contribution in [0.15, 0.2) is 4.99 Å². The van der Waals surface area contributed by atoms with Crippen molar-refractivity contribution in [1.29, 1.82) is 0 Å². The molecule has 2 rings (SSSR count). The van der Waals surface area contributed by atoms with Crippen LogP contribution in [0.4, 0.5) is 0 Å². The van der Waals surface area contributed by atoms with Gasteiger partial charge in [0.25, 0.3) is 0 Å². The molecule has 3 N–H and O–H groups in total. The van der Waals surface area contributed by atoms with Gasteiger partial charge in [-0.2, -0.15) is 0 Å². The lowest BCUT2D eigenvalue weighted by molar-refractivity contribution is 0.0877. The van der Waals surface area contributed by atoms with Gasteiger partial charge in [-0.1, -0.05) is 19.3 Å². The van der Waals surface area contributed by atoms with Crippen LogP contribution in [-0.4, -0.2) is 50.0 Å². The summed E-state index contributed by atoms with van der Waals surface area (Å²) in [4.78, 5) is 4.19. The maximum Gasteiger partial charge on any atom is 0.191 e. The maximum absolute atomic E-state index is 10.2. The Balaban J connectivity index is 1.64. The van der Waals surface area contributed by atoms with Crippen molar-refractivity contribution in [3.63, 3.8) is 0 Å². The topological polar surface area (TPSA) is 65.9 Å². The molecule has 116 valence electrons. The van der Waals surface area contributed by atoms with Gasteiger partial charge in [-0.05, 0) is 31.6 Å². The van der Waals surface area contributed by atoms with E-state index in [0.717, 1.165) is 44.8 Å². The molecule has 2 fully saturated rings. The van der Waals surface area contributed by atoms with E-state index in [1.54, 1.807) is 7.05 Å². The lowest BCUT2D eigenvalue weighted by atomic mass is 9.85. The Morgan fingerprint density at radius 1 is 1.20 bits per heavy atom. The molecule has 2 atom stereocenters. The predicted molar refractivity (Wildman–Crippen MR) is 80.9 cm³/mol. The molecular formula is C15H29N3O2. The van der Waals surface area contributed by atoms with Gasteiger partial charge < -0.3 is 20.5 Å². The zero-order valence-electron chi connectivity index (χ0n) is 12.6. The molecule has 1 aliphatic carbocycles. The van der Waals surface area contributed by atoms with Crippen molar-refractivity contribution in [2.75, 3.05) is 26.7 Å². The normalized spacial score (nSPS) is 26.5. The maximum atomic E-state index is 10.2. The summed E-state index contributed by atoms with van der Waals surface area (Å²) in [7, 11) is 1.76. The van der Waals surface area contributed by atoms with Crippen LogP contribution in [0.25, 0.3) is 0 Å². The highest BCUT2D eigenvalue weighted by Gasteiger charge is 2.22. The number of aliphatic hydroxyl groups is 1. The fourth-order valence-corrected chi connectivity index (χ4v) is 3.12. The third kappa shape index (κ3) is 4.94. The second kappa shape index (κ2) is 8.47. The van der Waals surface area contributed by atoms with Crippen LogP contribution in [0.1, 0.15) is 44.9 Å². The quantitative estimate of drug-likeness (QED) is 0.525. The van der Waals surface area contributed by atoms with E-state index in [2.05, 4.69) is 15.6 Å². The lowest BCUT2D eigenvalue weighted by Crippen LogP contribution is -2.45. The molecule has 1 saturated carbocycles. The Hall–Kier alpha value is -0.810. The van der Waals surface area contributed by atoms with Gasteiger partial charge in [0.15, 0.2) is 5.96 Å². The number of ether oxygens (including phenoxy) is 1. The Morgan fingerprint density at radius 2 is 2.00 bits per heavy atom. The Morgan fingerprint density at radius 3 is 2.65 bits per heavy atom. The summed E-state index contributed by atoms with van der Waals surface area (Å²) >= 11 is 0. The largest absolute Gasteiger partial charge is 0.391 e. The van der Waals surface area contributed by atoms with E-state index < -0.39 is 0 Å². The molecule has 0 radical (unpaired) electrons. The summed E-state index contributed by atoms with van der Waals surface area (Å²) in [5, 5.41) is 16.7. The van der Waals surface area contributed by atoms with E-state index >= 15 is 0 Å².